The molecular formula is C22H35N3O4. The van der Waals surface area contributed by atoms with Crippen molar-refractivity contribution in [2.24, 2.45) is 11.8 Å². The van der Waals surface area contributed by atoms with Crippen LogP contribution in [0.5, 0.6) is 0 Å². The van der Waals surface area contributed by atoms with Gasteiger partial charge in [-0.25, -0.2) is 4.79 Å². The van der Waals surface area contributed by atoms with Gasteiger partial charge < -0.3 is 20.7 Å². The van der Waals surface area contributed by atoms with Crippen molar-refractivity contribution in [1.29, 1.82) is 0 Å². The van der Waals surface area contributed by atoms with E-state index in [-0.39, 0.29) is 36.7 Å². The van der Waals surface area contributed by atoms with E-state index in [2.05, 4.69) is 28.1 Å². The highest BCUT2D eigenvalue weighted by molar-refractivity contribution is 5.80. The number of allylic oxidation sites excluding steroid dienone is 4. The molecule has 3 amide bonds. The van der Waals surface area contributed by atoms with Gasteiger partial charge in [0, 0.05) is 24.9 Å². The van der Waals surface area contributed by atoms with Crippen molar-refractivity contribution in [2.75, 3.05) is 13.1 Å². The predicted octanol–water partition coefficient (Wildman–Crippen LogP) is 2.82. The maximum absolute atomic E-state index is 12.4. The van der Waals surface area contributed by atoms with E-state index in [1.807, 2.05) is 12.2 Å². The quantitative estimate of drug-likeness (QED) is 0.568. The van der Waals surface area contributed by atoms with E-state index in [1.165, 1.54) is 0 Å². The van der Waals surface area contributed by atoms with Crippen LogP contribution in [0.15, 0.2) is 24.3 Å². The predicted molar refractivity (Wildman–Crippen MR) is 112 cm³/mol. The van der Waals surface area contributed by atoms with E-state index in [0.717, 1.165) is 38.5 Å². The molecule has 0 heterocycles. The lowest BCUT2D eigenvalue weighted by Gasteiger charge is -2.26. The zero-order valence-corrected chi connectivity index (χ0v) is 17.8. The first-order valence-electron chi connectivity index (χ1n) is 10.6. The van der Waals surface area contributed by atoms with Gasteiger partial charge in [-0.3, -0.25) is 9.59 Å². The molecule has 2 rings (SSSR count). The Bertz CT molecular complexity index is 596. The number of ether oxygens (including phenoxy) is 1. The standard InChI is InChI=1S/C22H35N3O4/c1-22(2,3)29-21(28)25-18(14-23-19(26)16-10-6-4-7-11-16)15-24-20(27)17-12-8-5-9-13-17/h4-6,8,16-18H,7,9-15H2,1-3H3,(H,23,26)(H,24,27)(H,25,28)/t16-,17-/m0/s1. The topological polar surface area (TPSA) is 96.5 Å². The maximum Gasteiger partial charge on any atom is 0.407 e. The molecule has 2 aliphatic rings. The molecule has 0 aromatic rings. The first-order valence-corrected chi connectivity index (χ1v) is 10.6. The monoisotopic (exact) mass is 405 g/mol. The summed E-state index contributed by atoms with van der Waals surface area (Å²) in [4.78, 5) is 37.0. The molecule has 3 N–H and O–H groups in total. The van der Waals surface area contributed by atoms with Crippen LogP contribution in [0.3, 0.4) is 0 Å². The summed E-state index contributed by atoms with van der Waals surface area (Å²) in [6.07, 6.45) is 12.6. The molecule has 7 nitrogen and oxygen atoms in total. The van der Waals surface area contributed by atoms with Crippen LogP contribution in [-0.4, -0.2) is 42.6 Å². The lowest BCUT2D eigenvalue weighted by Crippen LogP contribution is -2.52. The van der Waals surface area contributed by atoms with Crippen molar-refractivity contribution in [2.45, 2.75) is 70.9 Å². The van der Waals surface area contributed by atoms with Gasteiger partial charge in [0.2, 0.25) is 11.8 Å². The van der Waals surface area contributed by atoms with Gasteiger partial charge in [-0.05, 0) is 59.3 Å². The lowest BCUT2D eigenvalue weighted by atomic mass is 9.93. The Morgan fingerprint density at radius 2 is 1.38 bits per heavy atom. The summed E-state index contributed by atoms with van der Waals surface area (Å²) in [5, 5.41) is 8.61. The highest BCUT2D eigenvalue weighted by atomic mass is 16.6. The van der Waals surface area contributed by atoms with Crippen LogP contribution in [0.4, 0.5) is 4.79 Å². The molecule has 162 valence electrons. The smallest absolute Gasteiger partial charge is 0.407 e. The molecule has 0 saturated heterocycles. The second kappa shape index (κ2) is 11.0. The third-order valence-corrected chi connectivity index (χ3v) is 5.05. The number of hydrogen-bond acceptors (Lipinski definition) is 4. The van der Waals surface area contributed by atoms with Crippen molar-refractivity contribution >= 4 is 17.9 Å². The highest BCUT2D eigenvalue weighted by Gasteiger charge is 2.24. The average molecular weight is 406 g/mol. The number of alkyl carbamates (subject to hydrolysis) is 1. The van der Waals surface area contributed by atoms with Gasteiger partial charge in [-0.15, -0.1) is 0 Å². The van der Waals surface area contributed by atoms with E-state index < -0.39 is 17.7 Å². The third kappa shape index (κ3) is 8.71. The van der Waals surface area contributed by atoms with Crippen LogP contribution in [0, 0.1) is 11.8 Å². The molecule has 0 aromatic carbocycles. The Labute approximate surface area is 173 Å². The number of amides is 3. The van der Waals surface area contributed by atoms with Gasteiger partial charge in [0.15, 0.2) is 0 Å². The molecule has 7 heteroatoms. The molecule has 0 bridgehead atoms. The van der Waals surface area contributed by atoms with Crippen LogP contribution in [0.1, 0.15) is 59.3 Å². The molecule has 0 aromatic heterocycles. The zero-order chi connectivity index (χ0) is 21.3. The number of nitrogens with one attached hydrogen (secondary N) is 3. The highest BCUT2D eigenvalue weighted by Crippen LogP contribution is 2.19. The van der Waals surface area contributed by atoms with E-state index in [1.54, 1.807) is 20.8 Å². The fourth-order valence-corrected chi connectivity index (χ4v) is 3.45. The van der Waals surface area contributed by atoms with E-state index in [9.17, 15) is 14.4 Å². The van der Waals surface area contributed by atoms with Gasteiger partial charge in [0.05, 0.1) is 6.04 Å². The SMILES string of the molecule is CC(C)(C)OC(=O)NC(CNC(=O)[C@H]1CC=CCC1)CNC(=O)[C@H]1CC=CCC1. The average Bonchev–Trinajstić information content (AvgIpc) is 2.69. The molecule has 29 heavy (non-hydrogen) atoms. The second-order valence-electron chi connectivity index (χ2n) is 8.80. The largest absolute Gasteiger partial charge is 0.444 e. The van der Waals surface area contributed by atoms with Crippen molar-refractivity contribution in [1.82, 2.24) is 16.0 Å². The third-order valence-electron chi connectivity index (χ3n) is 5.05. The summed E-state index contributed by atoms with van der Waals surface area (Å²) in [5.41, 5.74) is -0.621. The summed E-state index contributed by atoms with van der Waals surface area (Å²) in [6.45, 7) is 5.85. The van der Waals surface area contributed by atoms with Crippen LogP contribution in [-0.2, 0) is 14.3 Å². The van der Waals surface area contributed by atoms with Crippen LogP contribution in [0.2, 0.25) is 0 Å². The van der Waals surface area contributed by atoms with Gasteiger partial charge in [0.25, 0.3) is 0 Å². The Kier molecular flexibility index (Phi) is 8.73. The number of carbonyl (C=O) groups excluding carboxylic acids is 3. The molecule has 0 radical (unpaired) electrons. The van der Waals surface area contributed by atoms with Gasteiger partial charge in [-0.1, -0.05) is 24.3 Å². The molecule has 0 spiro atoms. The molecule has 2 atom stereocenters. The molecule has 0 saturated carbocycles. The van der Waals surface area contributed by atoms with Gasteiger partial charge >= 0.3 is 6.09 Å². The Morgan fingerprint density at radius 1 is 0.897 bits per heavy atom. The number of rotatable bonds is 7. The van der Waals surface area contributed by atoms with Crippen LogP contribution < -0.4 is 16.0 Å². The van der Waals surface area contributed by atoms with Crippen molar-refractivity contribution < 1.29 is 19.1 Å². The number of carbonyl (C=O) groups is 3. The van der Waals surface area contributed by atoms with E-state index in [0.29, 0.717) is 0 Å². The molecule has 0 fully saturated rings. The minimum atomic E-state index is -0.621. The summed E-state index contributed by atoms with van der Waals surface area (Å²) in [6, 6.07) is -0.448. The van der Waals surface area contributed by atoms with E-state index in [4.69, 9.17) is 4.74 Å². The van der Waals surface area contributed by atoms with Gasteiger partial charge in [0.1, 0.15) is 5.60 Å². The van der Waals surface area contributed by atoms with Crippen molar-refractivity contribution in [3.63, 3.8) is 0 Å². The molecule has 0 unspecified atom stereocenters. The Morgan fingerprint density at radius 3 is 1.76 bits per heavy atom. The van der Waals surface area contributed by atoms with Gasteiger partial charge in [-0.2, -0.15) is 0 Å². The first kappa shape index (κ1) is 23.0. The number of hydrogen-bond donors (Lipinski definition) is 3. The summed E-state index contributed by atoms with van der Waals surface area (Å²) < 4.78 is 5.32. The van der Waals surface area contributed by atoms with Crippen LogP contribution >= 0.6 is 0 Å². The molecule has 0 aliphatic heterocycles. The molecular weight excluding hydrogens is 370 g/mol. The lowest BCUT2D eigenvalue weighted by molar-refractivity contribution is -0.125. The minimum Gasteiger partial charge on any atom is -0.444 e. The fourth-order valence-electron chi connectivity index (χ4n) is 3.45. The van der Waals surface area contributed by atoms with Crippen molar-refractivity contribution in [3.05, 3.63) is 24.3 Å². The van der Waals surface area contributed by atoms with Crippen LogP contribution in [0.25, 0.3) is 0 Å². The Balaban J connectivity index is 1.88. The summed E-state index contributed by atoms with van der Waals surface area (Å²) in [5.74, 6) is -0.111. The second-order valence-corrected chi connectivity index (χ2v) is 8.80. The fraction of sp³-hybridized carbons (Fsp3) is 0.682. The maximum atomic E-state index is 12.4. The molecule has 2 aliphatic carbocycles. The summed E-state index contributed by atoms with van der Waals surface area (Å²) in [7, 11) is 0. The minimum absolute atomic E-state index is 0.0194. The Hall–Kier alpha value is -2.31. The summed E-state index contributed by atoms with van der Waals surface area (Å²) >= 11 is 0. The zero-order valence-electron chi connectivity index (χ0n) is 17.8. The normalized spacial score (nSPS) is 21.5. The van der Waals surface area contributed by atoms with E-state index >= 15 is 0 Å². The van der Waals surface area contributed by atoms with Crippen molar-refractivity contribution in [3.8, 4) is 0 Å². The first-order chi connectivity index (χ1) is 13.7.